The van der Waals surface area contributed by atoms with Crippen molar-refractivity contribution in [3.63, 3.8) is 0 Å². The van der Waals surface area contributed by atoms with Gasteiger partial charge in [-0.15, -0.1) is 10.2 Å². The molecule has 0 saturated heterocycles. The van der Waals surface area contributed by atoms with E-state index in [2.05, 4.69) is 16.3 Å². The number of hydrogen-bond acceptors (Lipinski definition) is 5. The first-order chi connectivity index (χ1) is 12.4. The van der Waals surface area contributed by atoms with Gasteiger partial charge in [0.1, 0.15) is 11.1 Å². The van der Waals surface area contributed by atoms with Crippen molar-refractivity contribution in [3.8, 4) is 5.69 Å². The third kappa shape index (κ3) is 4.11. The van der Waals surface area contributed by atoms with Crippen molar-refractivity contribution in [2.24, 2.45) is 0 Å². The molecule has 134 valence electrons. The van der Waals surface area contributed by atoms with Crippen LogP contribution in [0.15, 0.2) is 53.7 Å². The highest BCUT2D eigenvalue weighted by atomic mass is 32.2. The smallest absolute Gasteiger partial charge is 0.220 e. The molecule has 0 N–H and O–H groups in total. The molecule has 1 heterocycles. The summed E-state index contributed by atoms with van der Waals surface area (Å²) in [6.07, 6.45) is 0. The van der Waals surface area contributed by atoms with Crippen molar-refractivity contribution in [2.45, 2.75) is 31.2 Å². The van der Waals surface area contributed by atoms with Gasteiger partial charge in [-0.2, -0.15) is 0 Å². The Morgan fingerprint density at radius 1 is 1.08 bits per heavy atom. The minimum Gasteiger partial charge on any atom is -0.274 e. The molecule has 6 nitrogen and oxygen atoms in total. The number of nitro groups is 1. The lowest BCUT2D eigenvalue weighted by molar-refractivity contribution is -0.479. The number of thioether (sulfide) groups is 1. The highest BCUT2D eigenvalue weighted by Crippen LogP contribution is 2.36. The van der Waals surface area contributed by atoms with Crippen molar-refractivity contribution < 1.29 is 4.92 Å². The van der Waals surface area contributed by atoms with E-state index in [9.17, 15) is 10.1 Å². The molecule has 1 aromatic heterocycles. The average Bonchev–Trinajstić information content (AvgIpc) is 2.95. The molecule has 3 aromatic rings. The van der Waals surface area contributed by atoms with Gasteiger partial charge in [-0.05, 0) is 44.0 Å². The van der Waals surface area contributed by atoms with E-state index in [1.54, 1.807) is 0 Å². The Balaban J connectivity index is 1.97. The van der Waals surface area contributed by atoms with Crippen molar-refractivity contribution in [2.75, 3.05) is 6.54 Å². The van der Waals surface area contributed by atoms with E-state index in [-0.39, 0.29) is 16.7 Å². The molecule has 0 aliphatic carbocycles. The highest BCUT2D eigenvalue weighted by molar-refractivity contribution is 7.99. The number of hydrogen-bond donors (Lipinski definition) is 0. The minimum atomic E-state index is -0.335. The first kappa shape index (κ1) is 18.1. The van der Waals surface area contributed by atoms with Crippen molar-refractivity contribution in [1.82, 2.24) is 14.8 Å². The third-order valence-electron chi connectivity index (χ3n) is 4.07. The molecular weight excluding hydrogens is 348 g/mol. The normalized spacial score (nSPS) is 12.1. The predicted octanol–water partition coefficient (Wildman–Crippen LogP) is 4.30. The molecule has 0 spiro atoms. The molecule has 1 atom stereocenters. The van der Waals surface area contributed by atoms with Crippen LogP contribution < -0.4 is 0 Å². The third-order valence-corrected chi connectivity index (χ3v) is 5.25. The zero-order valence-electron chi connectivity index (χ0n) is 14.9. The van der Waals surface area contributed by atoms with Gasteiger partial charge in [-0.3, -0.25) is 14.7 Å². The Morgan fingerprint density at radius 2 is 1.81 bits per heavy atom. The SMILES string of the molecule is Cc1ccc([C@H](C[N+](=O)[O-])Sc2nnc(C)n2-c2cccc(C)c2)cc1. The van der Waals surface area contributed by atoms with Crippen molar-refractivity contribution >= 4 is 11.8 Å². The largest absolute Gasteiger partial charge is 0.274 e. The predicted molar refractivity (Wildman–Crippen MR) is 102 cm³/mol. The van der Waals surface area contributed by atoms with Crippen LogP contribution in [0.1, 0.15) is 27.8 Å². The van der Waals surface area contributed by atoms with Gasteiger partial charge in [0.2, 0.25) is 6.54 Å². The molecule has 3 rings (SSSR count). The Kier molecular flexibility index (Phi) is 5.37. The topological polar surface area (TPSA) is 73.8 Å². The number of nitrogens with zero attached hydrogens (tertiary/aromatic N) is 4. The maximum atomic E-state index is 11.2. The number of aromatic nitrogens is 3. The van der Waals surface area contributed by atoms with Crippen LogP contribution in [0.4, 0.5) is 0 Å². The summed E-state index contributed by atoms with van der Waals surface area (Å²) in [5.74, 6) is 0.752. The van der Waals surface area contributed by atoms with Crippen molar-refractivity contribution in [3.05, 3.63) is 81.2 Å². The molecule has 0 amide bonds. The van der Waals surface area contributed by atoms with Gasteiger partial charge >= 0.3 is 0 Å². The average molecular weight is 368 g/mol. The van der Waals surface area contributed by atoms with Crippen LogP contribution in [0.3, 0.4) is 0 Å². The summed E-state index contributed by atoms with van der Waals surface area (Å²) < 4.78 is 1.94. The zero-order valence-corrected chi connectivity index (χ0v) is 15.7. The van der Waals surface area contributed by atoms with Gasteiger partial charge in [-0.1, -0.05) is 53.7 Å². The van der Waals surface area contributed by atoms with Crippen LogP contribution >= 0.6 is 11.8 Å². The Labute approximate surface area is 156 Å². The van der Waals surface area contributed by atoms with Crippen LogP contribution in [0.5, 0.6) is 0 Å². The molecule has 0 radical (unpaired) electrons. The first-order valence-corrected chi connectivity index (χ1v) is 9.16. The lowest BCUT2D eigenvalue weighted by atomic mass is 10.1. The second-order valence-corrected chi connectivity index (χ2v) is 7.41. The van der Waals surface area contributed by atoms with Crippen LogP contribution in [0.2, 0.25) is 0 Å². The van der Waals surface area contributed by atoms with E-state index in [1.807, 2.05) is 67.8 Å². The van der Waals surface area contributed by atoms with Crippen LogP contribution in [0, 0.1) is 30.9 Å². The molecule has 0 unspecified atom stereocenters. The Hall–Kier alpha value is -2.67. The lowest BCUT2D eigenvalue weighted by Gasteiger charge is -2.14. The summed E-state index contributed by atoms with van der Waals surface area (Å²) in [4.78, 5) is 10.9. The monoisotopic (exact) mass is 368 g/mol. The van der Waals surface area contributed by atoms with Gasteiger partial charge in [0.25, 0.3) is 0 Å². The van der Waals surface area contributed by atoms with Crippen LogP contribution in [0.25, 0.3) is 5.69 Å². The molecular formula is C19H20N4O2S. The van der Waals surface area contributed by atoms with Crippen LogP contribution in [-0.2, 0) is 0 Å². The highest BCUT2D eigenvalue weighted by Gasteiger charge is 2.23. The molecule has 0 aliphatic rings. The molecule has 0 aliphatic heterocycles. The van der Waals surface area contributed by atoms with E-state index in [0.717, 1.165) is 28.2 Å². The van der Waals surface area contributed by atoms with Gasteiger partial charge in [0.15, 0.2) is 5.16 Å². The second-order valence-electron chi connectivity index (χ2n) is 6.24. The van der Waals surface area contributed by atoms with Gasteiger partial charge in [0, 0.05) is 10.6 Å². The zero-order chi connectivity index (χ0) is 18.7. The minimum absolute atomic E-state index is 0.173. The number of aryl methyl sites for hydroxylation is 3. The fourth-order valence-corrected chi connectivity index (χ4v) is 3.91. The van der Waals surface area contributed by atoms with E-state index < -0.39 is 0 Å². The molecule has 7 heteroatoms. The van der Waals surface area contributed by atoms with Gasteiger partial charge in [0.05, 0.1) is 0 Å². The van der Waals surface area contributed by atoms with Crippen molar-refractivity contribution in [1.29, 1.82) is 0 Å². The summed E-state index contributed by atoms with van der Waals surface area (Å²) >= 11 is 1.37. The lowest BCUT2D eigenvalue weighted by Crippen LogP contribution is -2.11. The molecule has 0 fully saturated rings. The second kappa shape index (κ2) is 7.70. The fraction of sp³-hybridized carbons (Fsp3) is 0.263. The maximum Gasteiger partial charge on any atom is 0.220 e. The number of benzene rings is 2. The summed E-state index contributed by atoms with van der Waals surface area (Å²) in [6, 6.07) is 15.9. The molecule has 2 aromatic carbocycles. The van der Waals surface area contributed by atoms with E-state index >= 15 is 0 Å². The van der Waals surface area contributed by atoms with E-state index in [1.165, 1.54) is 11.8 Å². The first-order valence-electron chi connectivity index (χ1n) is 8.28. The van der Waals surface area contributed by atoms with E-state index in [4.69, 9.17) is 0 Å². The summed E-state index contributed by atoms with van der Waals surface area (Å²) in [6.45, 7) is 5.73. The Morgan fingerprint density at radius 3 is 2.46 bits per heavy atom. The van der Waals surface area contributed by atoms with Crippen LogP contribution in [-0.4, -0.2) is 26.2 Å². The maximum absolute atomic E-state index is 11.2. The van der Waals surface area contributed by atoms with Gasteiger partial charge in [-0.25, -0.2) is 0 Å². The standard InChI is InChI=1S/C19H20N4O2S/c1-13-7-9-16(10-8-13)18(12-22(24)25)26-19-21-20-15(3)23(19)17-6-4-5-14(2)11-17/h4-11,18H,12H2,1-3H3/t18-/m0/s1. The quantitative estimate of drug-likeness (QED) is 0.368. The molecule has 0 bridgehead atoms. The summed E-state index contributed by atoms with van der Waals surface area (Å²) in [5, 5.41) is 20.0. The van der Waals surface area contributed by atoms with Gasteiger partial charge < -0.3 is 0 Å². The van der Waals surface area contributed by atoms with E-state index in [0.29, 0.717) is 5.16 Å². The molecule has 0 saturated carbocycles. The summed E-state index contributed by atoms with van der Waals surface area (Å²) in [7, 11) is 0. The summed E-state index contributed by atoms with van der Waals surface area (Å²) in [5.41, 5.74) is 4.12. The Bertz CT molecular complexity index is 922. The molecule has 26 heavy (non-hydrogen) atoms. The fourth-order valence-electron chi connectivity index (χ4n) is 2.74. The number of rotatable bonds is 6.